The van der Waals surface area contributed by atoms with Crippen LogP contribution in [0, 0.1) is 0 Å². The summed E-state index contributed by atoms with van der Waals surface area (Å²) in [5, 5.41) is 15.5. The molecule has 0 aliphatic heterocycles. The lowest BCUT2D eigenvalue weighted by Gasteiger charge is -2.10. The van der Waals surface area contributed by atoms with Gasteiger partial charge in [-0.3, -0.25) is 9.59 Å². The summed E-state index contributed by atoms with van der Waals surface area (Å²) in [4.78, 5) is 23.3. The Morgan fingerprint density at radius 3 is 2.64 bits per heavy atom. The molecule has 1 saturated carbocycles. The molecule has 0 saturated heterocycles. The van der Waals surface area contributed by atoms with Crippen LogP contribution in [0.4, 0.5) is 5.69 Å². The number of nitrogens with one attached hydrogen (secondary N) is 1. The second kappa shape index (κ2) is 8.24. The number of hydrogen-bond acceptors (Lipinski definition) is 6. The monoisotopic (exact) mass is 359 g/mol. The van der Waals surface area contributed by atoms with Crippen LogP contribution in [0.5, 0.6) is 0 Å². The summed E-state index contributed by atoms with van der Waals surface area (Å²) in [6, 6.07) is 7.29. The van der Waals surface area contributed by atoms with Crippen molar-refractivity contribution >= 4 is 29.1 Å². The molecule has 8 heteroatoms. The van der Waals surface area contributed by atoms with Gasteiger partial charge in [0.15, 0.2) is 5.78 Å². The summed E-state index contributed by atoms with van der Waals surface area (Å²) in [5.74, 6) is 0.557. The van der Waals surface area contributed by atoms with Crippen LogP contribution in [0.25, 0.3) is 0 Å². The fraction of sp³-hybridized carbons (Fsp3) is 0.471. The molecule has 0 atom stereocenters. The minimum atomic E-state index is -0.0667. The van der Waals surface area contributed by atoms with Crippen molar-refractivity contribution in [3.8, 4) is 0 Å². The van der Waals surface area contributed by atoms with Crippen LogP contribution >= 0.6 is 11.8 Å². The van der Waals surface area contributed by atoms with E-state index in [4.69, 9.17) is 0 Å². The molecule has 0 unspecified atom stereocenters. The Morgan fingerprint density at radius 1 is 1.24 bits per heavy atom. The van der Waals surface area contributed by atoms with Gasteiger partial charge in [-0.15, -0.1) is 5.10 Å². The number of thioether (sulfide) groups is 1. The average Bonchev–Trinajstić information content (AvgIpc) is 3.26. The predicted molar refractivity (Wildman–Crippen MR) is 95.7 cm³/mol. The number of amides is 1. The van der Waals surface area contributed by atoms with Crippen LogP contribution in [-0.2, 0) is 4.79 Å². The maximum atomic E-state index is 12.1. The van der Waals surface area contributed by atoms with E-state index in [0.29, 0.717) is 29.5 Å². The third kappa shape index (κ3) is 4.66. The number of aromatic nitrogens is 4. The quantitative estimate of drug-likeness (QED) is 0.603. The second-order valence-electron chi connectivity index (χ2n) is 6.12. The molecule has 1 heterocycles. The Balaban J connectivity index is 1.46. The van der Waals surface area contributed by atoms with Gasteiger partial charge in [0.1, 0.15) is 0 Å². The van der Waals surface area contributed by atoms with Gasteiger partial charge in [0.05, 0.1) is 6.04 Å². The SMILES string of the molecule is CC(=O)c1ccc(NC(=O)CCSc2nnnn2C2CCCC2)cc1. The van der Waals surface area contributed by atoms with E-state index >= 15 is 0 Å². The van der Waals surface area contributed by atoms with Crippen molar-refractivity contribution < 1.29 is 9.59 Å². The van der Waals surface area contributed by atoms with Gasteiger partial charge >= 0.3 is 0 Å². The third-order valence-electron chi connectivity index (χ3n) is 4.27. The van der Waals surface area contributed by atoms with Crippen LogP contribution in [0.15, 0.2) is 29.4 Å². The number of Topliss-reactive ketones (excluding diaryl/α,β-unsaturated/α-hetero) is 1. The highest BCUT2D eigenvalue weighted by molar-refractivity contribution is 7.99. The van der Waals surface area contributed by atoms with Crippen molar-refractivity contribution in [3.63, 3.8) is 0 Å². The van der Waals surface area contributed by atoms with Crippen molar-refractivity contribution in [2.75, 3.05) is 11.1 Å². The number of benzene rings is 1. The number of rotatable bonds is 7. The van der Waals surface area contributed by atoms with Crippen molar-refractivity contribution in [2.45, 2.75) is 50.2 Å². The second-order valence-corrected chi connectivity index (χ2v) is 7.19. The minimum Gasteiger partial charge on any atom is -0.326 e. The molecule has 0 bridgehead atoms. The van der Waals surface area contributed by atoms with Gasteiger partial charge in [0, 0.05) is 23.4 Å². The molecule has 132 valence electrons. The lowest BCUT2D eigenvalue weighted by atomic mass is 10.1. The highest BCUT2D eigenvalue weighted by atomic mass is 32.2. The summed E-state index contributed by atoms with van der Waals surface area (Å²) < 4.78 is 1.90. The van der Waals surface area contributed by atoms with E-state index in [2.05, 4.69) is 20.8 Å². The minimum absolute atomic E-state index is 0.00857. The number of nitrogens with zero attached hydrogens (tertiary/aromatic N) is 4. The highest BCUT2D eigenvalue weighted by Gasteiger charge is 2.21. The predicted octanol–water partition coefficient (Wildman–Crippen LogP) is 3.11. The van der Waals surface area contributed by atoms with Crippen molar-refractivity contribution in [1.29, 1.82) is 0 Å². The Hall–Kier alpha value is -2.22. The fourth-order valence-electron chi connectivity index (χ4n) is 2.91. The number of tetrazole rings is 1. The Kier molecular flexibility index (Phi) is 5.80. The number of ketones is 1. The Bertz CT molecular complexity index is 738. The van der Waals surface area contributed by atoms with Gasteiger partial charge in [-0.25, -0.2) is 4.68 Å². The number of carbonyl (C=O) groups is 2. The largest absolute Gasteiger partial charge is 0.326 e. The standard InChI is InChI=1S/C17H21N5O2S/c1-12(23)13-6-8-14(9-7-13)18-16(24)10-11-25-17-19-20-21-22(17)15-4-2-3-5-15/h6-9,15H,2-5,10-11H2,1H3,(H,18,24). The number of carbonyl (C=O) groups excluding carboxylic acids is 2. The third-order valence-corrected chi connectivity index (χ3v) is 5.20. The molecule has 1 aliphatic carbocycles. The maximum absolute atomic E-state index is 12.1. The van der Waals surface area contributed by atoms with Crippen molar-refractivity contribution in [3.05, 3.63) is 29.8 Å². The van der Waals surface area contributed by atoms with Crippen LogP contribution in [0.1, 0.15) is 55.4 Å². The zero-order valence-corrected chi connectivity index (χ0v) is 15.0. The molecule has 1 N–H and O–H groups in total. The maximum Gasteiger partial charge on any atom is 0.225 e. The van der Waals surface area contributed by atoms with Gasteiger partial charge in [-0.1, -0.05) is 24.6 Å². The number of hydrogen-bond donors (Lipinski definition) is 1. The normalized spacial score (nSPS) is 14.6. The molecule has 3 rings (SSSR count). The van der Waals surface area contributed by atoms with Gasteiger partial charge in [-0.05, 0) is 54.5 Å². The zero-order chi connectivity index (χ0) is 17.6. The molecule has 25 heavy (non-hydrogen) atoms. The molecule has 2 aromatic rings. The molecule has 1 aromatic carbocycles. The first kappa shape index (κ1) is 17.6. The zero-order valence-electron chi connectivity index (χ0n) is 14.1. The molecular formula is C17H21N5O2S. The molecule has 0 spiro atoms. The molecule has 1 aliphatic rings. The first-order valence-corrected chi connectivity index (χ1v) is 9.43. The van der Waals surface area contributed by atoms with Crippen molar-refractivity contribution in [2.24, 2.45) is 0 Å². The Labute approximate surface area is 150 Å². The van der Waals surface area contributed by atoms with Gasteiger partial charge < -0.3 is 5.32 Å². The van der Waals surface area contributed by atoms with Crippen LogP contribution < -0.4 is 5.32 Å². The summed E-state index contributed by atoms with van der Waals surface area (Å²) in [6.45, 7) is 1.52. The number of anilines is 1. The first-order chi connectivity index (χ1) is 12.1. The van der Waals surface area contributed by atoms with E-state index < -0.39 is 0 Å². The molecule has 1 fully saturated rings. The topological polar surface area (TPSA) is 89.8 Å². The van der Waals surface area contributed by atoms with E-state index in [1.165, 1.54) is 31.5 Å². The molecule has 7 nitrogen and oxygen atoms in total. The average molecular weight is 359 g/mol. The van der Waals surface area contributed by atoms with E-state index in [9.17, 15) is 9.59 Å². The molecular weight excluding hydrogens is 338 g/mol. The van der Waals surface area contributed by atoms with Crippen LogP contribution in [-0.4, -0.2) is 37.7 Å². The van der Waals surface area contributed by atoms with E-state index in [1.807, 2.05) is 4.68 Å². The van der Waals surface area contributed by atoms with Gasteiger partial charge in [0.25, 0.3) is 0 Å². The van der Waals surface area contributed by atoms with E-state index in [1.54, 1.807) is 24.3 Å². The highest BCUT2D eigenvalue weighted by Crippen LogP contribution is 2.31. The van der Waals surface area contributed by atoms with Crippen LogP contribution in [0.2, 0.25) is 0 Å². The molecule has 1 amide bonds. The smallest absolute Gasteiger partial charge is 0.225 e. The van der Waals surface area contributed by atoms with Crippen LogP contribution in [0.3, 0.4) is 0 Å². The summed E-state index contributed by atoms with van der Waals surface area (Å²) >= 11 is 1.51. The lowest BCUT2D eigenvalue weighted by molar-refractivity contribution is -0.115. The van der Waals surface area contributed by atoms with Gasteiger partial charge in [-0.2, -0.15) is 0 Å². The lowest BCUT2D eigenvalue weighted by Crippen LogP contribution is -2.13. The summed E-state index contributed by atoms with van der Waals surface area (Å²) in [6.07, 6.45) is 5.06. The first-order valence-electron chi connectivity index (χ1n) is 8.45. The Morgan fingerprint density at radius 2 is 1.96 bits per heavy atom. The molecule has 1 aromatic heterocycles. The fourth-order valence-corrected chi connectivity index (χ4v) is 3.79. The summed E-state index contributed by atoms with van der Waals surface area (Å²) in [5.41, 5.74) is 1.32. The van der Waals surface area contributed by atoms with Crippen molar-refractivity contribution in [1.82, 2.24) is 20.2 Å². The summed E-state index contributed by atoms with van der Waals surface area (Å²) in [7, 11) is 0. The van der Waals surface area contributed by atoms with E-state index in [0.717, 1.165) is 18.0 Å². The van der Waals surface area contributed by atoms with E-state index in [-0.39, 0.29) is 11.7 Å². The van der Waals surface area contributed by atoms with Gasteiger partial charge in [0.2, 0.25) is 11.1 Å². The molecule has 0 radical (unpaired) electrons.